The monoisotopic (exact) mass is 406 g/mol. The summed E-state index contributed by atoms with van der Waals surface area (Å²) in [6, 6.07) is 15.0. The largest absolute Gasteiger partial charge is 0.478 e. The van der Waals surface area contributed by atoms with Crippen molar-refractivity contribution in [2.45, 2.75) is 84.5 Å². The molecule has 0 radical (unpaired) electrons. The number of carbonyl (C=O) groups is 1. The minimum absolute atomic E-state index is 0.487. The number of aryl methyl sites for hydroxylation is 3. The third-order valence-electron chi connectivity index (χ3n) is 7.05. The van der Waals surface area contributed by atoms with E-state index < -0.39 is 5.97 Å². The first-order chi connectivity index (χ1) is 14.6. The summed E-state index contributed by atoms with van der Waals surface area (Å²) in [4.78, 5) is 11.5. The standard InChI is InChI=1S/C28H38O2/c1-3-6-21-9-11-22(12-10-21)13-14-23-15-17-24(18-16-23)19-20-25-7-5-8-27(28(29)30)26(25)4-2/h5,7-12,23-24H,3-4,6,13-20H2,1-2H3,(H,29,30). The molecule has 0 saturated heterocycles. The molecule has 2 aromatic carbocycles. The van der Waals surface area contributed by atoms with E-state index in [2.05, 4.69) is 44.2 Å². The second-order valence-electron chi connectivity index (χ2n) is 9.13. The molecule has 0 aliphatic heterocycles. The average Bonchev–Trinajstić information content (AvgIpc) is 2.77. The van der Waals surface area contributed by atoms with Crippen molar-refractivity contribution in [1.82, 2.24) is 0 Å². The van der Waals surface area contributed by atoms with E-state index in [1.807, 2.05) is 6.07 Å². The molecule has 1 aliphatic rings. The van der Waals surface area contributed by atoms with Gasteiger partial charge in [0.15, 0.2) is 0 Å². The smallest absolute Gasteiger partial charge is 0.335 e. The molecule has 0 bridgehead atoms. The van der Waals surface area contributed by atoms with Gasteiger partial charge in [-0.25, -0.2) is 4.79 Å². The Morgan fingerprint density at radius 2 is 1.40 bits per heavy atom. The minimum atomic E-state index is -0.797. The van der Waals surface area contributed by atoms with Crippen LogP contribution in [-0.4, -0.2) is 11.1 Å². The SMILES string of the molecule is CCCc1ccc(CCC2CCC(CCc3cccc(C(=O)O)c3CC)CC2)cc1. The fourth-order valence-corrected chi connectivity index (χ4v) is 5.19. The van der Waals surface area contributed by atoms with Crippen molar-refractivity contribution in [2.75, 3.05) is 0 Å². The van der Waals surface area contributed by atoms with Crippen LogP contribution >= 0.6 is 0 Å². The van der Waals surface area contributed by atoms with Gasteiger partial charge in [0.1, 0.15) is 0 Å². The van der Waals surface area contributed by atoms with E-state index in [1.54, 1.807) is 6.07 Å². The van der Waals surface area contributed by atoms with E-state index in [0.717, 1.165) is 30.2 Å². The highest BCUT2D eigenvalue weighted by Gasteiger charge is 2.21. The van der Waals surface area contributed by atoms with E-state index in [1.165, 1.54) is 74.5 Å². The van der Waals surface area contributed by atoms with Crippen molar-refractivity contribution >= 4 is 5.97 Å². The fraction of sp³-hybridized carbons (Fsp3) is 0.536. The third kappa shape index (κ3) is 6.20. The molecule has 30 heavy (non-hydrogen) atoms. The van der Waals surface area contributed by atoms with Crippen LogP contribution in [0.1, 0.15) is 91.4 Å². The molecular weight excluding hydrogens is 368 g/mol. The van der Waals surface area contributed by atoms with E-state index in [4.69, 9.17) is 0 Å². The van der Waals surface area contributed by atoms with E-state index in [-0.39, 0.29) is 0 Å². The topological polar surface area (TPSA) is 37.3 Å². The maximum Gasteiger partial charge on any atom is 0.335 e. The minimum Gasteiger partial charge on any atom is -0.478 e. The lowest BCUT2D eigenvalue weighted by atomic mass is 9.77. The zero-order valence-electron chi connectivity index (χ0n) is 18.8. The van der Waals surface area contributed by atoms with Crippen LogP contribution in [0.2, 0.25) is 0 Å². The summed E-state index contributed by atoms with van der Waals surface area (Å²) in [5.74, 6) is 0.875. The summed E-state index contributed by atoms with van der Waals surface area (Å²) in [5.41, 5.74) is 5.71. The van der Waals surface area contributed by atoms with Crippen molar-refractivity contribution in [3.63, 3.8) is 0 Å². The Kier molecular flexibility index (Phi) is 8.54. The summed E-state index contributed by atoms with van der Waals surface area (Å²) in [5, 5.41) is 9.44. The summed E-state index contributed by atoms with van der Waals surface area (Å²) in [7, 11) is 0. The molecule has 0 unspecified atom stereocenters. The number of carboxylic acids is 1. The lowest BCUT2D eigenvalue weighted by molar-refractivity contribution is 0.0695. The summed E-state index contributed by atoms with van der Waals surface area (Å²) >= 11 is 0. The van der Waals surface area contributed by atoms with Gasteiger partial charge in [-0.2, -0.15) is 0 Å². The molecule has 1 aliphatic carbocycles. The maximum absolute atomic E-state index is 11.5. The lowest BCUT2D eigenvalue weighted by Crippen LogP contribution is -2.16. The highest BCUT2D eigenvalue weighted by molar-refractivity contribution is 5.89. The normalized spacial score (nSPS) is 19.0. The van der Waals surface area contributed by atoms with Gasteiger partial charge in [-0.05, 0) is 78.7 Å². The van der Waals surface area contributed by atoms with Crippen LogP contribution in [0.5, 0.6) is 0 Å². The van der Waals surface area contributed by atoms with Gasteiger partial charge in [-0.15, -0.1) is 0 Å². The molecule has 0 spiro atoms. The summed E-state index contributed by atoms with van der Waals surface area (Å²) < 4.78 is 0. The zero-order valence-corrected chi connectivity index (χ0v) is 18.8. The van der Waals surface area contributed by atoms with Crippen LogP contribution in [-0.2, 0) is 25.7 Å². The van der Waals surface area contributed by atoms with Crippen LogP contribution in [0.25, 0.3) is 0 Å². The van der Waals surface area contributed by atoms with Gasteiger partial charge in [0, 0.05) is 0 Å². The van der Waals surface area contributed by atoms with Crippen LogP contribution < -0.4 is 0 Å². The fourth-order valence-electron chi connectivity index (χ4n) is 5.19. The van der Waals surface area contributed by atoms with Gasteiger partial charge in [0.25, 0.3) is 0 Å². The molecule has 0 heterocycles. The van der Waals surface area contributed by atoms with Crippen molar-refractivity contribution in [1.29, 1.82) is 0 Å². The predicted molar refractivity (Wildman–Crippen MR) is 125 cm³/mol. The molecule has 1 saturated carbocycles. The molecule has 2 nitrogen and oxygen atoms in total. The van der Waals surface area contributed by atoms with Crippen LogP contribution in [0.3, 0.4) is 0 Å². The number of aromatic carboxylic acids is 1. The van der Waals surface area contributed by atoms with Crippen LogP contribution in [0, 0.1) is 11.8 Å². The van der Waals surface area contributed by atoms with Gasteiger partial charge in [0.05, 0.1) is 5.56 Å². The van der Waals surface area contributed by atoms with Crippen LogP contribution in [0.15, 0.2) is 42.5 Å². The Hall–Kier alpha value is -2.09. The second-order valence-corrected chi connectivity index (χ2v) is 9.13. The second kappa shape index (κ2) is 11.3. The van der Waals surface area contributed by atoms with Crippen molar-refractivity contribution in [2.24, 2.45) is 11.8 Å². The van der Waals surface area contributed by atoms with Gasteiger partial charge in [0.2, 0.25) is 0 Å². The number of hydrogen-bond acceptors (Lipinski definition) is 1. The van der Waals surface area contributed by atoms with Crippen LogP contribution in [0.4, 0.5) is 0 Å². The number of carboxylic acid groups (broad SMARTS) is 1. The quantitative estimate of drug-likeness (QED) is 0.450. The third-order valence-corrected chi connectivity index (χ3v) is 7.05. The van der Waals surface area contributed by atoms with E-state index in [0.29, 0.717) is 5.56 Å². The van der Waals surface area contributed by atoms with Crippen molar-refractivity contribution < 1.29 is 9.90 Å². The Morgan fingerprint density at radius 1 is 0.833 bits per heavy atom. The van der Waals surface area contributed by atoms with Gasteiger partial charge in [-0.3, -0.25) is 0 Å². The Bertz CT molecular complexity index is 798. The maximum atomic E-state index is 11.5. The number of rotatable bonds is 10. The van der Waals surface area contributed by atoms with E-state index in [9.17, 15) is 9.90 Å². The first-order valence-corrected chi connectivity index (χ1v) is 12.0. The van der Waals surface area contributed by atoms with Gasteiger partial charge < -0.3 is 5.11 Å². The molecule has 2 heteroatoms. The van der Waals surface area contributed by atoms with E-state index >= 15 is 0 Å². The molecular formula is C28H38O2. The lowest BCUT2D eigenvalue weighted by Gasteiger charge is -2.29. The molecule has 3 rings (SSSR count). The summed E-state index contributed by atoms with van der Waals surface area (Å²) in [6.07, 6.45) is 13.3. The van der Waals surface area contributed by atoms with Crippen molar-refractivity contribution in [3.8, 4) is 0 Å². The molecule has 2 aromatic rings. The highest BCUT2D eigenvalue weighted by atomic mass is 16.4. The number of hydrogen-bond donors (Lipinski definition) is 1. The number of benzene rings is 2. The molecule has 0 aromatic heterocycles. The zero-order chi connectivity index (χ0) is 21.3. The molecule has 0 atom stereocenters. The predicted octanol–water partition coefficient (Wildman–Crippen LogP) is 7.27. The molecule has 1 fully saturated rings. The highest BCUT2D eigenvalue weighted by Crippen LogP contribution is 2.34. The van der Waals surface area contributed by atoms with Crippen molar-refractivity contribution in [3.05, 3.63) is 70.3 Å². The Labute approximate surface area is 182 Å². The first kappa shape index (κ1) is 22.6. The van der Waals surface area contributed by atoms with Gasteiger partial charge >= 0.3 is 5.97 Å². The molecule has 0 amide bonds. The average molecular weight is 407 g/mol. The Morgan fingerprint density at radius 3 is 1.93 bits per heavy atom. The Balaban J connectivity index is 1.43. The molecule has 1 N–H and O–H groups in total. The van der Waals surface area contributed by atoms with Gasteiger partial charge in [-0.1, -0.05) is 82.3 Å². The summed E-state index contributed by atoms with van der Waals surface area (Å²) in [6.45, 7) is 4.30. The first-order valence-electron chi connectivity index (χ1n) is 12.0. The molecule has 162 valence electrons.